The molecule has 2 aliphatic rings. The van der Waals surface area contributed by atoms with Crippen molar-refractivity contribution in [2.45, 2.75) is 25.5 Å². The normalized spacial score (nSPS) is 19.7. The van der Waals surface area contributed by atoms with Crippen molar-refractivity contribution >= 4 is 29.3 Å². The Kier molecular flexibility index (Phi) is 4.22. The van der Waals surface area contributed by atoms with Crippen LogP contribution < -0.4 is 10.6 Å². The maximum absolute atomic E-state index is 12.2. The largest absolute Gasteiger partial charge is 0.444 e. The first-order valence-electron chi connectivity index (χ1n) is 7.29. The van der Waals surface area contributed by atoms with Gasteiger partial charge in [0, 0.05) is 29.7 Å². The first kappa shape index (κ1) is 15.1. The molecule has 1 saturated heterocycles. The van der Waals surface area contributed by atoms with Gasteiger partial charge in [0.1, 0.15) is 6.61 Å². The van der Waals surface area contributed by atoms with Gasteiger partial charge in [0.05, 0.1) is 12.2 Å². The van der Waals surface area contributed by atoms with E-state index in [0.29, 0.717) is 5.02 Å². The molecule has 2 N–H and O–H groups in total. The third kappa shape index (κ3) is 3.03. The molecule has 1 fully saturated rings. The average molecular weight is 324 g/mol. The van der Waals surface area contributed by atoms with Crippen molar-refractivity contribution in [2.75, 3.05) is 24.5 Å². The molecular formula is C15H18ClN3O3. The molecule has 3 rings (SSSR count). The lowest BCUT2D eigenvalue weighted by Gasteiger charge is -2.40. The number of hydrogen-bond acceptors (Lipinski definition) is 4. The van der Waals surface area contributed by atoms with E-state index in [9.17, 15) is 9.59 Å². The molecule has 1 aromatic rings. The molecule has 0 unspecified atom stereocenters. The average Bonchev–Trinajstić information content (AvgIpc) is 2.48. The van der Waals surface area contributed by atoms with Gasteiger partial charge in [0.2, 0.25) is 5.91 Å². The Morgan fingerprint density at radius 1 is 1.36 bits per heavy atom. The molecular weight excluding hydrogens is 306 g/mol. The second kappa shape index (κ2) is 6.14. The third-order valence-electron chi connectivity index (χ3n) is 4.15. The summed E-state index contributed by atoms with van der Waals surface area (Å²) in [6.07, 6.45) is 1.25. The monoisotopic (exact) mass is 323 g/mol. The van der Waals surface area contributed by atoms with E-state index < -0.39 is 0 Å². The van der Waals surface area contributed by atoms with Crippen LogP contribution in [-0.4, -0.2) is 42.6 Å². The Bertz CT molecular complexity index is 600. The zero-order chi connectivity index (χ0) is 15.7. The van der Waals surface area contributed by atoms with E-state index in [0.717, 1.165) is 37.2 Å². The van der Waals surface area contributed by atoms with Crippen LogP contribution in [-0.2, 0) is 16.1 Å². The number of carbonyl (C=O) groups excluding carboxylic acids is 2. The van der Waals surface area contributed by atoms with Gasteiger partial charge in [-0.2, -0.15) is 0 Å². The molecule has 1 aromatic carbocycles. The number of primary amides is 1. The van der Waals surface area contributed by atoms with Crippen molar-refractivity contribution in [3.05, 3.63) is 28.8 Å². The lowest BCUT2D eigenvalue weighted by Crippen LogP contribution is -2.50. The van der Waals surface area contributed by atoms with E-state index in [2.05, 4.69) is 0 Å². The van der Waals surface area contributed by atoms with Crippen LogP contribution in [0.5, 0.6) is 0 Å². The maximum atomic E-state index is 12.2. The van der Waals surface area contributed by atoms with Gasteiger partial charge in [-0.1, -0.05) is 11.6 Å². The van der Waals surface area contributed by atoms with Crippen LogP contribution in [0.1, 0.15) is 18.4 Å². The van der Waals surface area contributed by atoms with Crippen LogP contribution in [0.15, 0.2) is 18.2 Å². The molecule has 0 radical (unpaired) electrons. The predicted octanol–water partition coefficient (Wildman–Crippen LogP) is 1.75. The van der Waals surface area contributed by atoms with Crippen molar-refractivity contribution in [2.24, 2.45) is 5.73 Å². The number of hydrogen-bond donors (Lipinski definition) is 1. The van der Waals surface area contributed by atoms with Gasteiger partial charge >= 0.3 is 6.09 Å². The topological polar surface area (TPSA) is 75.9 Å². The standard InChI is InChI=1S/C15H18ClN3O3/c16-11-1-2-13-10(7-11)9-22-15(21)19(13)12-3-5-18(6-4-12)8-14(17)20/h1-2,7,12H,3-6,8-9H2,(H2,17,20). The summed E-state index contributed by atoms with van der Waals surface area (Å²) in [5.74, 6) is -0.323. The summed E-state index contributed by atoms with van der Waals surface area (Å²) < 4.78 is 5.26. The number of nitrogens with zero attached hydrogens (tertiary/aromatic N) is 2. The molecule has 0 saturated carbocycles. The summed E-state index contributed by atoms with van der Waals surface area (Å²) in [5, 5.41) is 0.632. The smallest absolute Gasteiger partial charge is 0.414 e. The van der Waals surface area contributed by atoms with Crippen LogP contribution >= 0.6 is 11.6 Å². The molecule has 0 aromatic heterocycles. The predicted molar refractivity (Wildman–Crippen MR) is 82.8 cm³/mol. The minimum absolute atomic E-state index is 0.0665. The molecule has 118 valence electrons. The second-order valence-corrected chi connectivity index (χ2v) is 6.11. The second-order valence-electron chi connectivity index (χ2n) is 5.67. The summed E-state index contributed by atoms with van der Waals surface area (Å²) in [6, 6.07) is 5.55. The van der Waals surface area contributed by atoms with Crippen molar-refractivity contribution in [3.8, 4) is 0 Å². The van der Waals surface area contributed by atoms with Gasteiger partial charge in [-0.25, -0.2) is 4.79 Å². The van der Waals surface area contributed by atoms with E-state index >= 15 is 0 Å². The Hall–Kier alpha value is -1.79. The molecule has 22 heavy (non-hydrogen) atoms. The number of ether oxygens (including phenoxy) is 1. The summed E-state index contributed by atoms with van der Waals surface area (Å²) in [4.78, 5) is 26.9. The molecule has 0 atom stereocenters. The van der Waals surface area contributed by atoms with Crippen LogP contribution in [0.4, 0.5) is 10.5 Å². The number of rotatable bonds is 3. The zero-order valence-corrected chi connectivity index (χ0v) is 12.9. The molecule has 0 aliphatic carbocycles. The summed E-state index contributed by atoms with van der Waals surface area (Å²) in [5.41, 5.74) is 7.01. The minimum atomic E-state index is -0.323. The van der Waals surface area contributed by atoms with Gasteiger partial charge in [0.15, 0.2) is 0 Å². The Morgan fingerprint density at radius 3 is 2.77 bits per heavy atom. The number of amides is 2. The number of carbonyl (C=O) groups is 2. The molecule has 0 spiro atoms. The lowest BCUT2D eigenvalue weighted by atomic mass is 10.0. The number of piperidine rings is 1. The highest BCUT2D eigenvalue weighted by atomic mass is 35.5. The summed E-state index contributed by atoms with van der Waals surface area (Å²) >= 11 is 6.00. The van der Waals surface area contributed by atoms with Crippen molar-refractivity contribution in [1.29, 1.82) is 0 Å². The minimum Gasteiger partial charge on any atom is -0.444 e. The fraction of sp³-hybridized carbons (Fsp3) is 0.467. The SMILES string of the molecule is NC(=O)CN1CCC(N2C(=O)OCc3cc(Cl)ccc32)CC1. The summed E-state index contributed by atoms with van der Waals surface area (Å²) in [6.45, 7) is 2.00. The number of halogens is 1. The number of benzene rings is 1. The Labute approximate surface area is 133 Å². The van der Waals surface area contributed by atoms with E-state index in [1.807, 2.05) is 17.0 Å². The Balaban J connectivity index is 1.75. The third-order valence-corrected chi connectivity index (χ3v) is 4.39. The first-order chi connectivity index (χ1) is 10.5. The van der Waals surface area contributed by atoms with E-state index in [4.69, 9.17) is 22.1 Å². The number of likely N-dealkylation sites (tertiary alicyclic amines) is 1. The highest BCUT2D eigenvalue weighted by molar-refractivity contribution is 6.30. The van der Waals surface area contributed by atoms with Crippen molar-refractivity contribution in [3.63, 3.8) is 0 Å². The first-order valence-corrected chi connectivity index (χ1v) is 7.67. The van der Waals surface area contributed by atoms with Crippen LogP contribution in [0.3, 0.4) is 0 Å². The fourth-order valence-corrected chi connectivity index (χ4v) is 3.31. The molecule has 6 nitrogen and oxygen atoms in total. The van der Waals surface area contributed by atoms with E-state index in [-0.39, 0.29) is 31.2 Å². The highest BCUT2D eigenvalue weighted by Crippen LogP contribution is 2.33. The quantitative estimate of drug-likeness (QED) is 0.919. The van der Waals surface area contributed by atoms with Crippen molar-refractivity contribution < 1.29 is 14.3 Å². The number of nitrogens with two attached hydrogens (primary N) is 1. The maximum Gasteiger partial charge on any atom is 0.414 e. The Morgan fingerprint density at radius 2 is 2.09 bits per heavy atom. The van der Waals surface area contributed by atoms with Gasteiger partial charge in [-0.05, 0) is 31.0 Å². The van der Waals surface area contributed by atoms with Gasteiger partial charge in [-0.3, -0.25) is 14.6 Å². The van der Waals surface area contributed by atoms with Crippen LogP contribution in [0, 0.1) is 0 Å². The summed E-state index contributed by atoms with van der Waals surface area (Å²) in [7, 11) is 0. The van der Waals surface area contributed by atoms with Crippen LogP contribution in [0.2, 0.25) is 5.02 Å². The van der Waals surface area contributed by atoms with Crippen molar-refractivity contribution in [1.82, 2.24) is 4.90 Å². The molecule has 2 heterocycles. The number of anilines is 1. The number of cyclic esters (lactones) is 1. The van der Waals surface area contributed by atoms with E-state index in [1.165, 1.54) is 0 Å². The van der Waals surface area contributed by atoms with E-state index in [1.54, 1.807) is 11.0 Å². The van der Waals surface area contributed by atoms with Gasteiger partial charge in [-0.15, -0.1) is 0 Å². The van der Waals surface area contributed by atoms with Crippen LogP contribution in [0.25, 0.3) is 0 Å². The fourth-order valence-electron chi connectivity index (χ4n) is 3.11. The molecule has 7 heteroatoms. The highest BCUT2D eigenvalue weighted by Gasteiger charge is 2.34. The molecule has 2 aliphatic heterocycles. The molecule has 0 bridgehead atoms. The zero-order valence-electron chi connectivity index (χ0n) is 12.1. The van der Waals surface area contributed by atoms with Gasteiger partial charge < -0.3 is 10.5 Å². The molecule has 2 amide bonds. The number of fused-ring (bicyclic) bond motifs is 1. The lowest BCUT2D eigenvalue weighted by molar-refractivity contribution is -0.119. The van der Waals surface area contributed by atoms with Gasteiger partial charge in [0.25, 0.3) is 0 Å².